The summed E-state index contributed by atoms with van der Waals surface area (Å²) >= 11 is 0. The summed E-state index contributed by atoms with van der Waals surface area (Å²) in [6, 6.07) is 14.3. The molecule has 4 heterocycles. The molecule has 3 aromatic carbocycles. The fourth-order valence-electron chi connectivity index (χ4n) is 6.49. The monoisotopic (exact) mass is 696 g/mol. The van der Waals surface area contributed by atoms with Crippen LogP contribution in [-0.4, -0.2) is 59.9 Å². The van der Waals surface area contributed by atoms with Crippen molar-refractivity contribution in [1.29, 1.82) is 5.26 Å². The molecule has 52 heavy (non-hydrogen) atoms. The highest BCUT2D eigenvalue weighted by Gasteiger charge is 2.18. The van der Waals surface area contributed by atoms with E-state index in [1.807, 2.05) is 36.9 Å². The SMILES string of the molecule is C=N/C(=C\C=C/CC1=CCN(Cc2nc3cc(C(=O)Nc4cc(F)c5n[nH]c(C)c5c4)ccc3n2C)CC1)OCc1ccc(C#N)c2c1ncn2C. The van der Waals surface area contributed by atoms with E-state index in [-0.39, 0.29) is 18.0 Å². The summed E-state index contributed by atoms with van der Waals surface area (Å²) in [7, 11) is 3.85. The van der Waals surface area contributed by atoms with Crippen LogP contribution in [0.25, 0.3) is 33.0 Å². The number of aryl methyl sites for hydroxylation is 3. The summed E-state index contributed by atoms with van der Waals surface area (Å²) in [5.41, 5.74) is 7.73. The number of aromatic amines is 1. The predicted molar refractivity (Wildman–Crippen MR) is 199 cm³/mol. The van der Waals surface area contributed by atoms with E-state index in [1.165, 1.54) is 11.6 Å². The number of anilines is 1. The van der Waals surface area contributed by atoms with Crippen molar-refractivity contribution in [2.24, 2.45) is 19.1 Å². The molecule has 13 heteroatoms. The number of carbonyl (C=O) groups is 1. The number of allylic oxidation sites excluding steroid dienone is 3. The third kappa shape index (κ3) is 6.84. The number of nitriles is 1. The molecule has 12 nitrogen and oxygen atoms in total. The number of amides is 1. The van der Waals surface area contributed by atoms with Crippen LogP contribution in [0.5, 0.6) is 0 Å². The molecule has 262 valence electrons. The van der Waals surface area contributed by atoms with Gasteiger partial charge in [-0.1, -0.05) is 29.9 Å². The van der Waals surface area contributed by atoms with Gasteiger partial charge >= 0.3 is 0 Å². The molecular formula is C39H37FN10O2. The van der Waals surface area contributed by atoms with Crippen LogP contribution >= 0.6 is 0 Å². The zero-order valence-electron chi connectivity index (χ0n) is 29.2. The van der Waals surface area contributed by atoms with Crippen molar-refractivity contribution in [3.63, 3.8) is 0 Å². The number of benzene rings is 3. The number of carbonyl (C=O) groups excluding carboxylic acids is 1. The predicted octanol–water partition coefficient (Wildman–Crippen LogP) is 6.75. The molecule has 1 aliphatic rings. The molecule has 0 bridgehead atoms. The van der Waals surface area contributed by atoms with Gasteiger partial charge in [-0.3, -0.25) is 14.8 Å². The van der Waals surface area contributed by atoms with Crippen LogP contribution in [0.4, 0.5) is 10.1 Å². The Balaban J connectivity index is 0.929. The van der Waals surface area contributed by atoms with Gasteiger partial charge in [0.05, 0.1) is 40.5 Å². The van der Waals surface area contributed by atoms with E-state index < -0.39 is 5.82 Å². The van der Waals surface area contributed by atoms with Gasteiger partial charge in [0.2, 0.25) is 5.88 Å². The summed E-state index contributed by atoms with van der Waals surface area (Å²) in [5.74, 6) is 0.472. The summed E-state index contributed by atoms with van der Waals surface area (Å²) in [6.07, 6.45) is 11.5. The second-order valence-corrected chi connectivity index (χ2v) is 12.8. The summed E-state index contributed by atoms with van der Waals surface area (Å²) < 4.78 is 24.3. The highest BCUT2D eigenvalue weighted by Crippen LogP contribution is 2.26. The molecule has 0 spiro atoms. The van der Waals surface area contributed by atoms with Gasteiger partial charge in [0.1, 0.15) is 24.0 Å². The Morgan fingerprint density at radius 1 is 1.21 bits per heavy atom. The van der Waals surface area contributed by atoms with Crippen molar-refractivity contribution in [2.45, 2.75) is 32.9 Å². The Hall–Kier alpha value is -6.39. The number of aromatic nitrogens is 6. The normalized spacial score (nSPS) is 14.0. The minimum atomic E-state index is -0.499. The van der Waals surface area contributed by atoms with E-state index in [4.69, 9.17) is 9.72 Å². The molecule has 7 rings (SSSR count). The third-order valence-electron chi connectivity index (χ3n) is 9.40. The van der Waals surface area contributed by atoms with Gasteiger partial charge < -0.3 is 19.2 Å². The summed E-state index contributed by atoms with van der Waals surface area (Å²) in [6.45, 7) is 8.09. The number of halogens is 1. The van der Waals surface area contributed by atoms with E-state index >= 15 is 0 Å². The molecule has 0 aliphatic carbocycles. The average Bonchev–Trinajstić information content (AvgIpc) is 3.83. The quantitative estimate of drug-likeness (QED) is 0.0661. The number of aliphatic imine (C=N–C) groups is 1. The number of rotatable bonds is 11. The zero-order chi connectivity index (χ0) is 36.4. The van der Waals surface area contributed by atoms with Crippen molar-refractivity contribution in [2.75, 3.05) is 18.4 Å². The fourth-order valence-corrected chi connectivity index (χ4v) is 6.49. The highest BCUT2D eigenvalue weighted by molar-refractivity contribution is 6.06. The number of fused-ring (bicyclic) bond motifs is 3. The molecule has 1 amide bonds. The van der Waals surface area contributed by atoms with Crippen LogP contribution in [0.2, 0.25) is 0 Å². The van der Waals surface area contributed by atoms with Gasteiger partial charge in [-0.2, -0.15) is 10.4 Å². The minimum Gasteiger partial charge on any atom is -0.473 e. The Morgan fingerprint density at radius 3 is 2.87 bits per heavy atom. The molecule has 0 saturated carbocycles. The molecule has 1 aliphatic heterocycles. The number of H-pyrrole nitrogens is 1. The van der Waals surface area contributed by atoms with E-state index in [2.05, 4.69) is 59.9 Å². The van der Waals surface area contributed by atoms with Gasteiger partial charge in [-0.25, -0.2) is 19.4 Å². The number of nitrogens with one attached hydrogen (secondary N) is 2. The molecule has 0 fully saturated rings. The van der Waals surface area contributed by atoms with Crippen LogP contribution in [0.15, 0.2) is 89.5 Å². The number of hydrogen-bond acceptors (Lipinski definition) is 8. The first-order valence-corrected chi connectivity index (χ1v) is 16.8. The first-order valence-electron chi connectivity index (χ1n) is 16.8. The Bertz CT molecular complexity index is 2490. The average molecular weight is 697 g/mol. The van der Waals surface area contributed by atoms with Crippen LogP contribution < -0.4 is 5.32 Å². The lowest BCUT2D eigenvalue weighted by atomic mass is 10.0. The Labute approximate surface area is 299 Å². The van der Waals surface area contributed by atoms with Crippen LogP contribution in [-0.2, 0) is 32.0 Å². The highest BCUT2D eigenvalue weighted by atomic mass is 19.1. The van der Waals surface area contributed by atoms with E-state index in [0.717, 1.165) is 65.1 Å². The number of ether oxygens (including phenoxy) is 1. The van der Waals surface area contributed by atoms with Crippen LogP contribution in [0.3, 0.4) is 0 Å². The van der Waals surface area contributed by atoms with Crippen molar-refractivity contribution in [1.82, 2.24) is 34.2 Å². The molecule has 0 saturated heterocycles. The van der Waals surface area contributed by atoms with Gasteiger partial charge in [-0.05, 0) is 69.0 Å². The smallest absolute Gasteiger partial charge is 0.255 e. The van der Waals surface area contributed by atoms with Gasteiger partial charge in [0, 0.05) is 55.1 Å². The molecular weight excluding hydrogens is 659 g/mol. The molecule has 3 aromatic heterocycles. The van der Waals surface area contributed by atoms with Crippen molar-refractivity contribution in [3.8, 4) is 6.07 Å². The lowest BCUT2D eigenvalue weighted by Crippen LogP contribution is -2.29. The molecule has 0 atom stereocenters. The fraction of sp³-hybridized carbons (Fsp3) is 0.231. The molecule has 2 N–H and O–H groups in total. The minimum absolute atomic E-state index is 0.246. The largest absolute Gasteiger partial charge is 0.473 e. The Kier molecular flexibility index (Phi) is 9.47. The topological polar surface area (TPSA) is 142 Å². The maximum atomic E-state index is 14.5. The first-order chi connectivity index (χ1) is 25.2. The number of imidazole rings is 2. The second-order valence-electron chi connectivity index (χ2n) is 12.8. The van der Waals surface area contributed by atoms with Gasteiger partial charge in [-0.15, -0.1) is 0 Å². The van der Waals surface area contributed by atoms with Crippen molar-refractivity contribution >= 4 is 51.3 Å². The Morgan fingerprint density at radius 2 is 2.08 bits per heavy atom. The maximum Gasteiger partial charge on any atom is 0.255 e. The summed E-state index contributed by atoms with van der Waals surface area (Å²) in [4.78, 5) is 28.8. The van der Waals surface area contributed by atoms with Crippen molar-refractivity contribution in [3.05, 3.63) is 119 Å². The zero-order valence-corrected chi connectivity index (χ0v) is 29.2. The maximum absolute atomic E-state index is 14.5. The van der Waals surface area contributed by atoms with Crippen LogP contribution in [0.1, 0.15) is 45.8 Å². The van der Waals surface area contributed by atoms with Crippen LogP contribution in [0, 0.1) is 24.1 Å². The first kappa shape index (κ1) is 34.1. The van der Waals surface area contributed by atoms with E-state index in [1.54, 1.807) is 43.6 Å². The molecule has 0 radical (unpaired) electrons. The van der Waals surface area contributed by atoms with Gasteiger partial charge in [0.15, 0.2) is 5.82 Å². The van der Waals surface area contributed by atoms with Crippen molar-refractivity contribution < 1.29 is 13.9 Å². The van der Waals surface area contributed by atoms with E-state index in [0.29, 0.717) is 34.6 Å². The second kappa shape index (κ2) is 14.5. The lowest BCUT2D eigenvalue weighted by Gasteiger charge is -2.25. The van der Waals surface area contributed by atoms with E-state index in [9.17, 15) is 14.4 Å². The number of nitrogens with zero attached hydrogens (tertiary/aromatic N) is 8. The standard InChI is InChI=1S/C39H37FN10O2/c1-24-30-18-29(19-31(40)37(30)47-46-24)44-39(51)26-11-12-33-32(17-26)45-34(49(33)4)21-50-15-13-25(14-16-50)7-5-6-8-35(42-2)52-22-28-10-9-27(20-41)38-36(28)43-23-48(38)3/h5-6,8-13,17-19,23H,2,7,14-16,21-22H2,1,3-4H3,(H,44,51)(H,46,47)/b6-5-,35-8+. The lowest BCUT2D eigenvalue weighted by molar-refractivity contribution is 0.102. The molecule has 6 aromatic rings. The summed E-state index contributed by atoms with van der Waals surface area (Å²) in [5, 5.41) is 19.6. The number of hydrogen-bond donors (Lipinski definition) is 2. The van der Waals surface area contributed by atoms with Gasteiger partial charge in [0.25, 0.3) is 5.91 Å². The third-order valence-corrected chi connectivity index (χ3v) is 9.40. The molecule has 0 unspecified atom stereocenters.